The third kappa shape index (κ3) is 6.10. The van der Waals surface area contributed by atoms with Crippen molar-refractivity contribution in [1.29, 1.82) is 5.16 Å². The highest BCUT2D eigenvalue weighted by molar-refractivity contribution is 7.44. The average molecular weight is 118 g/mol. The first-order valence-electron chi connectivity index (χ1n) is 2.69. The highest BCUT2D eigenvalue weighted by Crippen LogP contribution is 2.15. The molecule has 1 nitrogen and oxygen atoms in total. The standard InChI is InChI=1S/C5H13NP/c1-3-4-5-7(2)6/h6H,3-5H2,1-2H3/q+1. The Morgan fingerprint density at radius 2 is 2.14 bits per heavy atom. The van der Waals surface area contributed by atoms with Gasteiger partial charge < -0.3 is 0 Å². The quantitative estimate of drug-likeness (QED) is 0.551. The van der Waals surface area contributed by atoms with E-state index in [1.54, 1.807) is 0 Å². The molecule has 0 fully saturated rings. The molecule has 0 saturated carbocycles. The van der Waals surface area contributed by atoms with Gasteiger partial charge in [0.25, 0.3) is 0 Å². The maximum atomic E-state index is 7.15. The number of hydrogen-bond acceptors (Lipinski definition) is 1. The Bertz CT molecular complexity index is 61.1. The molecule has 1 atom stereocenters. The van der Waals surface area contributed by atoms with Gasteiger partial charge in [0.1, 0.15) is 12.8 Å². The second-order valence-electron chi connectivity index (χ2n) is 1.78. The van der Waals surface area contributed by atoms with Crippen molar-refractivity contribution in [2.45, 2.75) is 19.8 Å². The Morgan fingerprint density at radius 1 is 1.57 bits per heavy atom. The van der Waals surface area contributed by atoms with Gasteiger partial charge in [0, 0.05) is 0 Å². The molecule has 0 aromatic heterocycles. The summed E-state index contributed by atoms with van der Waals surface area (Å²) < 4.78 is 0. The maximum Gasteiger partial charge on any atom is 0.193 e. The highest BCUT2D eigenvalue weighted by Gasteiger charge is 1.95. The van der Waals surface area contributed by atoms with Crippen LogP contribution < -0.4 is 0 Å². The molecular formula is C5H13NP+. The van der Waals surface area contributed by atoms with Gasteiger partial charge in [0.05, 0.1) is 0 Å². The molecule has 0 aromatic rings. The van der Waals surface area contributed by atoms with Gasteiger partial charge in [-0.25, -0.2) is 0 Å². The van der Waals surface area contributed by atoms with Crippen molar-refractivity contribution in [2.24, 2.45) is 0 Å². The summed E-state index contributed by atoms with van der Waals surface area (Å²) in [5.41, 5.74) is 0. The van der Waals surface area contributed by atoms with Crippen LogP contribution in [0.3, 0.4) is 0 Å². The van der Waals surface area contributed by atoms with E-state index in [0.717, 1.165) is 6.16 Å². The fourth-order valence-corrected chi connectivity index (χ4v) is 1.19. The van der Waals surface area contributed by atoms with Crippen LogP contribution in [0.4, 0.5) is 0 Å². The van der Waals surface area contributed by atoms with Crippen molar-refractivity contribution in [1.82, 2.24) is 0 Å². The number of hydrogen-bond donors (Lipinski definition) is 1. The summed E-state index contributed by atoms with van der Waals surface area (Å²) in [6.07, 6.45) is 3.61. The number of unbranched alkanes of at least 4 members (excludes halogenated alkanes) is 1. The molecule has 0 rings (SSSR count). The Kier molecular flexibility index (Phi) is 4.32. The minimum atomic E-state index is -0.356. The van der Waals surface area contributed by atoms with Crippen molar-refractivity contribution in [2.75, 3.05) is 12.8 Å². The van der Waals surface area contributed by atoms with Crippen LogP contribution in [-0.2, 0) is 0 Å². The maximum absolute atomic E-state index is 7.15. The second kappa shape index (κ2) is 4.26. The average Bonchev–Trinajstić information content (AvgIpc) is 1.61. The molecule has 0 aliphatic carbocycles. The summed E-state index contributed by atoms with van der Waals surface area (Å²) in [7, 11) is -0.356. The highest BCUT2D eigenvalue weighted by atomic mass is 31.1. The van der Waals surface area contributed by atoms with E-state index < -0.39 is 0 Å². The Balaban J connectivity index is 2.82. The van der Waals surface area contributed by atoms with Crippen LogP contribution in [0.15, 0.2) is 0 Å². The minimum absolute atomic E-state index is 0.356. The predicted molar refractivity (Wildman–Crippen MR) is 35.3 cm³/mol. The van der Waals surface area contributed by atoms with Crippen molar-refractivity contribution in [3.63, 3.8) is 0 Å². The van der Waals surface area contributed by atoms with Crippen LogP contribution in [0, 0.1) is 5.16 Å². The van der Waals surface area contributed by atoms with Crippen LogP contribution in [0.2, 0.25) is 0 Å². The fraction of sp³-hybridized carbons (Fsp3) is 1.00. The summed E-state index contributed by atoms with van der Waals surface area (Å²) in [6.45, 7) is 4.17. The topological polar surface area (TPSA) is 23.9 Å². The lowest BCUT2D eigenvalue weighted by Crippen LogP contribution is -1.72. The van der Waals surface area contributed by atoms with Crippen molar-refractivity contribution in [3.05, 3.63) is 0 Å². The molecule has 0 aliphatic heterocycles. The summed E-state index contributed by atoms with van der Waals surface area (Å²) in [5, 5.41) is 7.15. The van der Waals surface area contributed by atoms with Gasteiger partial charge >= 0.3 is 0 Å². The van der Waals surface area contributed by atoms with Gasteiger partial charge in [-0.1, -0.05) is 13.3 Å². The first-order chi connectivity index (χ1) is 3.27. The lowest BCUT2D eigenvalue weighted by Gasteiger charge is -1.80. The molecule has 0 heterocycles. The van der Waals surface area contributed by atoms with E-state index in [9.17, 15) is 0 Å². The largest absolute Gasteiger partial charge is 0.193 e. The molecule has 1 unspecified atom stereocenters. The van der Waals surface area contributed by atoms with Crippen molar-refractivity contribution in [3.8, 4) is 0 Å². The van der Waals surface area contributed by atoms with E-state index in [0.29, 0.717) is 0 Å². The zero-order valence-corrected chi connectivity index (χ0v) is 5.96. The van der Waals surface area contributed by atoms with E-state index in [4.69, 9.17) is 5.16 Å². The summed E-state index contributed by atoms with van der Waals surface area (Å²) >= 11 is 0. The van der Waals surface area contributed by atoms with Crippen LogP contribution in [0.1, 0.15) is 19.8 Å². The Hall–Kier alpha value is 0.100. The van der Waals surface area contributed by atoms with Crippen molar-refractivity contribution < 1.29 is 0 Å². The SMILES string of the molecule is CCCC[P+](C)=N. The molecule has 42 valence electrons. The summed E-state index contributed by atoms with van der Waals surface area (Å²) in [6, 6.07) is 0. The first kappa shape index (κ1) is 7.10. The molecule has 7 heavy (non-hydrogen) atoms. The molecule has 0 aromatic carbocycles. The van der Waals surface area contributed by atoms with E-state index in [1.165, 1.54) is 12.8 Å². The van der Waals surface area contributed by atoms with Gasteiger partial charge in [-0.05, 0) is 6.42 Å². The fourth-order valence-electron chi connectivity index (χ4n) is 0.395. The van der Waals surface area contributed by atoms with E-state index >= 15 is 0 Å². The molecule has 0 radical (unpaired) electrons. The molecule has 0 aliphatic rings. The van der Waals surface area contributed by atoms with Crippen LogP contribution in [-0.4, -0.2) is 12.8 Å². The van der Waals surface area contributed by atoms with Gasteiger partial charge in [0.2, 0.25) is 0 Å². The zero-order valence-electron chi connectivity index (χ0n) is 5.07. The molecule has 0 saturated heterocycles. The zero-order chi connectivity index (χ0) is 5.70. The monoisotopic (exact) mass is 118 g/mol. The smallest absolute Gasteiger partial charge is 0.125 e. The molecule has 0 bridgehead atoms. The van der Waals surface area contributed by atoms with E-state index in [-0.39, 0.29) is 7.71 Å². The third-order valence-corrected chi connectivity index (χ3v) is 1.83. The van der Waals surface area contributed by atoms with Crippen molar-refractivity contribution >= 4 is 7.71 Å². The predicted octanol–water partition coefficient (Wildman–Crippen LogP) is 2.66. The molecule has 0 amide bonds. The number of nitrogens with one attached hydrogen (secondary N) is 1. The van der Waals surface area contributed by atoms with E-state index in [2.05, 4.69) is 6.92 Å². The number of rotatable bonds is 3. The summed E-state index contributed by atoms with van der Waals surface area (Å²) in [5.74, 6) is 0. The normalized spacial score (nSPS) is 11.4. The van der Waals surface area contributed by atoms with Gasteiger partial charge in [0.15, 0.2) is 7.71 Å². The lowest BCUT2D eigenvalue weighted by atomic mass is 10.4. The van der Waals surface area contributed by atoms with E-state index in [1.807, 2.05) is 6.66 Å². The lowest BCUT2D eigenvalue weighted by molar-refractivity contribution is 0.892. The van der Waals surface area contributed by atoms with Crippen LogP contribution in [0.25, 0.3) is 0 Å². The summed E-state index contributed by atoms with van der Waals surface area (Å²) in [4.78, 5) is 0. The second-order valence-corrected chi connectivity index (χ2v) is 3.62. The van der Waals surface area contributed by atoms with Gasteiger partial charge in [-0.15, -0.1) is 5.16 Å². The van der Waals surface area contributed by atoms with Crippen LogP contribution >= 0.6 is 7.71 Å². The minimum Gasteiger partial charge on any atom is -0.125 e. The van der Waals surface area contributed by atoms with Gasteiger partial charge in [-0.3, -0.25) is 0 Å². The molecule has 1 N–H and O–H groups in total. The molecule has 2 heteroatoms. The van der Waals surface area contributed by atoms with Crippen LogP contribution in [0.5, 0.6) is 0 Å². The molecule has 0 spiro atoms. The Labute approximate surface area is 46.4 Å². The first-order valence-corrected chi connectivity index (χ1v) is 4.67. The van der Waals surface area contributed by atoms with Gasteiger partial charge in [-0.2, -0.15) is 0 Å². The third-order valence-electron chi connectivity index (χ3n) is 0.847. The Morgan fingerprint density at radius 3 is 2.29 bits per heavy atom. The molecular weight excluding hydrogens is 105 g/mol.